The maximum atomic E-state index is 10.0. The summed E-state index contributed by atoms with van der Waals surface area (Å²) in [5.41, 5.74) is 2.32. The fourth-order valence-corrected chi connectivity index (χ4v) is 4.84. The van der Waals surface area contributed by atoms with Crippen LogP contribution in [0.5, 0.6) is 11.5 Å². The second-order valence-corrected chi connectivity index (χ2v) is 10.3. The highest BCUT2D eigenvalue weighted by atomic mass is 16.5. The van der Waals surface area contributed by atoms with Crippen LogP contribution in [0.2, 0.25) is 0 Å². The lowest BCUT2D eigenvalue weighted by atomic mass is 9.97. The van der Waals surface area contributed by atoms with Crippen LogP contribution in [0.25, 0.3) is 0 Å². The minimum absolute atomic E-state index is 0.0797. The van der Waals surface area contributed by atoms with E-state index in [1.54, 1.807) is 6.07 Å². The molecule has 4 rings (SSSR count). The Kier molecular flexibility index (Phi) is 6.07. The number of nitrogens with zero attached hydrogens (tertiary/aromatic N) is 3. The molecule has 32 heavy (non-hydrogen) atoms. The molecule has 7 nitrogen and oxygen atoms in total. The van der Waals surface area contributed by atoms with Gasteiger partial charge in [0.25, 0.3) is 0 Å². The third-order valence-electron chi connectivity index (χ3n) is 6.17. The summed E-state index contributed by atoms with van der Waals surface area (Å²) in [6.07, 6.45) is 4.02. The van der Waals surface area contributed by atoms with Gasteiger partial charge in [-0.3, -0.25) is 4.90 Å². The number of fused-ring (bicyclic) bond motifs is 1. The topological polar surface area (TPSA) is 79.7 Å². The molecule has 0 saturated carbocycles. The molecule has 3 heterocycles. The molecular weight excluding hydrogens is 404 g/mol. The quantitative estimate of drug-likeness (QED) is 0.682. The summed E-state index contributed by atoms with van der Waals surface area (Å²) in [4.78, 5) is 11.8. The molecule has 2 aromatic rings. The molecule has 1 aromatic carbocycles. The van der Waals surface area contributed by atoms with Crippen molar-refractivity contribution >= 4 is 5.95 Å². The normalized spacial score (nSPS) is 20.3. The zero-order chi connectivity index (χ0) is 23.1. The van der Waals surface area contributed by atoms with E-state index in [9.17, 15) is 5.11 Å². The first-order valence-electron chi connectivity index (χ1n) is 11.6. The Morgan fingerprint density at radius 2 is 1.88 bits per heavy atom. The molecule has 2 N–H and O–H groups in total. The van der Waals surface area contributed by atoms with Crippen LogP contribution in [0.1, 0.15) is 71.2 Å². The van der Waals surface area contributed by atoms with E-state index in [4.69, 9.17) is 14.5 Å². The average molecular weight is 441 g/mol. The zero-order valence-corrected chi connectivity index (χ0v) is 20.1. The molecule has 1 fully saturated rings. The molecule has 0 radical (unpaired) electrons. The van der Waals surface area contributed by atoms with Crippen molar-refractivity contribution in [2.45, 2.75) is 84.3 Å². The van der Waals surface area contributed by atoms with Crippen molar-refractivity contribution in [3.05, 3.63) is 41.2 Å². The number of benzene rings is 1. The lowest BCUT2D eigenvalue weighted by molar-refractivity contribution is -0.106. The van der Waals surface area contributed by atoms with Gasteiger partial charge in [-0.05, 0) is 72.1 Å². The fourth-order valence-electron chi connectivity index (χ4n) is 4.84. The van der Waals surface area contributed by atoms with Crippen LogP contribution in [-0.4, -0.2) is 45.2 Å². The molecule has 0 unspecified atom stereocenters. The minimum atomic E-state index is -0.416. The van der Waals surface area contributed by atoms with E-state index in [0.29, 0.717) is 12.0 Å². The monoisotopic (exact) mass is 440 g/mol. The maximum absolute atomic E-state index is 10.0. The van der Waals surface area contributed by atoms with Gasteiger partial charge in [0.05, 0.1) is 17.4 Å². The average Bonchev–Trinajstić information content (AvgIpc) is 2.86. The highest BCUT2D eigenvalue weighted by Crippen LogP contribution is 2.45. The third kappa shape index (κ3) is 4.99. The molecule has 174 valence electrons. The van der Waals surface area contributed by atoms with Gasteiger partial charge in [0.15, 0.2) is 0 Å². The standard InChI is InChI=1S/C25H36N4O3/c1-16(2)31-20-12-17(11-19(30)13-20)15-29-9-7-18(8-10-29)27-23-26-14-21-22(28-23)25(5,6)32-24(21,3)4/h11-14,16,18,30H,7-10,15H2,1-6H3,(H,26,27,28). The number of phenolic OH excluding ortho intramolecular Hbond substituents is 1. The Balaban J connectivity index is 1.35. The molecule has 0 bridgehead atoms. The number of likely N-dealkylation sites (tertiary alicyclic amines) is 1. The number of ether oxygens (including phenoxy) is 2. The van der Waals surface area contributed by atoms with Gasteiger partial charge in [-0.2, -0.15) is 0 Å². The molecule has 2 aliphatic rings. The van der Waals surface area contributed by atoms with Crippen molar-refractivity contribution in [3.8, 4) is 11.5 Å². The molecular formula is C25H36N4O3. The summed E-state index contributed by atoms with van der Waals surface area (Å²) in [5, 5.41) is 13.6. The van der Waals surface area contributed by atoms with Crippen LogP contribution in [0.15, 0.2) is 24.4 Å². The lowest BCUT2D eigenvalue weighted by Crippen LogP contribution is -2.39. The van der Waals surface area contributed by atoms with Crippen LogP contribution in [0.4, 0.5) is 5.95 Å². The molecule has 7 heteroatoms. The number of nitrogens with one attached hydrogen (secondary N) is 1. The number of hydrogen-bond acceptors (Lipinski definition) is 7. The molecule has 0 atom stereocenters. The van der Waals surface area contributed by atoms with Crippen LogP contribution >= 0.6 is 0 Å². The molecule has 1 aromatic heterocycles. The van der Waals surface area contributed by atoms with Gasteiger partial charge in [-0.25, -0.2) is 9.97 Å². The first kappa shape index (κ1) is 22.8. The Hall–Kier alpha value is -2.38. The van der Waals surface area contributed by atoms with Crippen molar-refractivity contribution in [3.63, 3.8) is 0 Å². The summed E-state index contributed by atoms with van der Waals surface area (Å²) in [6, 6.07) is 5.85. The molecule has 1 saturated heterocycles. The van der Waals surface area contributed by atoms with E-state index in [2.05, 4.69) is 42.9 Å². The van der Waals surface area contributed by atoms with Crippen LogP contribution in [0, 0.1) is 0 Å². The Morgan fingerprint density at radius 1 is 1.16 bits per heavy atom. The van der Waals surface area contributed by atoms with Crippen molar-refractivity contribution in [1.82, 2.24) is 14.9 Å². The Labute approximate surface area is 191 Å². The van der Waals surface area contributed by atoms with Gasteiger partial charge in [0.1, 0.15) is 17.1 Å². The summed E-state index contributed by atoms with van der Waals surface area (Å²) < 4.78 is 12.0. The van der Waals surface area contributed by atoms with E-state index in [1.165, 1.54) is 0 Å². The fraction of sp³-hybridized carbons (Fsp3) is 0.600. The summed E-state index contributed by atoms with van der Waals surface area (Å²) in [7, 11) is 0. The number of anilines is 1. The third-order valence-corrected chi connectivity index (χ3v) is 6.17. The van der Waals surface area contributed by atoms with E-state index >= 15 is 0 Å². The second-order valence-electron chi connectivity index (χ2n) is 10.3. The zero-order valence-electron chi connectivity index (χ0n) is 20.1. The van der Waals surface area contributed by atoms with Crippen LogP contribution in [0.3, 0.4) is 0 Å². The number of phenols is 1. The summed E-state index contributed by atoms with van der Waals surface area (Å²) in [5.74, 6) is 1.65. The summed E-state index contributed by atoms with van der Waals surface area (Å²) >= 11 is 0. The van der Waals surface area contributed by atoms with E-state index in [1.807, 2.05) is 32.2 Å². The van der Waals surface area contributed by atoms with Crippen LogP contribution in [-0.2, 0) is 22.5 Å². The van der Waals surface area contributed by atoms with Crippen molar-refractivity contribution < 1.29 is 14.6 Å². The Morgan fingerprint density at radius 3 is 2.56 bits per heavy atom. The molecule has 0 spiro atoms. The van der Waals surface area contributed by atoms with Gasteiger partial charge in [0, 0.05) is 43.5 Å². The molecule has 0 amide bonds. The van der Waals surface area contributed by atoms with Gasteiger partial charge in [-0.15, -0.1) is 0 Å². The van der Waals surface area contributed by atoms with E-state index in [-0.39, 0.29) is 17.5 Å². The van der Waals surface area contributed by atoms with Gasteiger partial charge in [0.2, 0.25) is 5.95 Å². The maximum Gasteiger partial charge on any atom is 0.223 e. The number of aromatic nitrogens is 2. The number of hydrogen-bond donors (Lipinski definition) is 2. The molecule has 0 aliphatic carbocycles. The lowest BCUT2D eigenvalue weighted by Gasteiger charge is -2.32. The van der Waals surface area contributed by atoms with Gasteiger partial charge < -0.3 is 19.9 Å². The predicted molar refractivity (Wildman–Crippen MR) is 125 cm³/mol. The van der Waals surface area contributed by atoms with E-state index < -0.39 is 5.60 Å². The largest absolute Gasteiger partial charge is 0.508 e. The van der Waals surface area contributed by atoms with Crippen molar-refractivity contribution in [2.75, 3.05) is 18.4 Å². The highest BCUT2D eigenvalue weighted by Gasteiger charge is 2.45. The number of piperidine rings is 1. The van der Waals surface area contributed by atoms with Gasteiger partial charge in [-0.1, -0.05) is 0 Å². The highest BCUT2D eigenvalue weighted by molar-refractivity contribution is 5.39. The van der Waals surface area contributed by atoms with Crippen molar-refractivity contribution in [2.24, 2.45) is 0 Å². The first-order valence-corrected chi connectivity index (χ1v) is 11.6. The molecule has 2 aliphatic heterocycles. The van der Waals surface area contributed by atoms with Gasteiger partial charge >= 0.3 is 0 Å². The summed E-state index contributed by atoms with van der Waals surface area (Å²) in [6.45, 7) is 15.0. The first-order chi connectivity index (χ1) is 15.0. The second kappa shape index (κ2) is 8.52. The predicted octanol–water partition coefficient (Wildman–Crippen LogP) is 4.55. The Bertz CT molecular complexity index is 966. The number of rotatable bonds is 6. The number of aromatic hydroxyl groups is 1. The van der Waals surface area contributed by atoms with E-state index in [0.717, 1.165) is 55.0 Å². The smallest absolute Gasteiger partial charge is 0.223 e. The minimum Gasteiger partial charge on any atom is -0.508 e. The SMILES string of the molecule is CC(C)Oc1cc(O)cc(CN2CCC(Nc3ncc4c(n3)C(C)(C)OC4(C)C)CC2)c1. The van der Waals surface area contributed by atoms with Crippen LogP contribution < -0.4 is 10.1 Å². The van der Waals surface area contributed by atoms with Crippen molar-refractivity contribution in [1.29, 1.82) is 0 Å².